The molecular formula is C12H16O6S. The van der Waals surface area contributed by atoms with Crippen molar-refractivity contribution in [2.45, 2.75) is 12.2 Å². The molecule has 1 aromatic carbocycles. The minimum absolute atomic E-state index is 0.00539. The smallest absolute Gasteiger partial charge is 0.336 e. The summed E-state index contributed by atoms with van der Waals surface area (Å²) < 4.78 is 10.0. The van der Waals surface area contributed by atoms with Crippen molar-refractivity contribution >= 4 is 18.6 Å². The minimum atomic E-state index is -1.37. The summed E-state index contributed by atoms with van der Waals surface area (Å²) in [6.07, 6.45) is -2.55. The Morgan fingerprint density at radius 3 is 2.21 bits per heavy atom. The van der Waals surface area contributed by atoms with E-state index in [1.807, 2.05) is 0 Å². The Labute approximate surface area is 116 Å². The Morgan fingerprint density at radius 1 is 1.26 bits per heavy atom. The van der Waals surface area contributed by atoms with Crippen LogP contribution < -0.4 is 9.47 Å². The summed E-state index contributed by atoms with van der Waals surface area (Å²) in [5, 5.41) is 28.7. The van der Waals surface area contributed by atoms with Crippen LogP contribution in [0.3, 0.4) is 0 Å². The van der Waals surface area contributed by atoms with Crippen molar-refractivity contribution < 1.29 is 29.6 Å². The average Bonchev–Trinajstić information content (AvgIpc) is 2.43. The molecule has 2 unspecified atom stereocenters. The third-order valence-electron chi connectivity index (χ3n) is 2.66. The predicted molar refractivity (Wildman–Crippen MR) is 71.3 cm³/mol. The van der Waals surface area contributed by atoms with Gasteiger partial charge in [0.25, 0.3) is 0 Å². The number of hydrogen-bond acceptors (Lipinski definition) is 6. The van der Waals surface area contributed by atoms with E-state index < -0.39 is 18.2 Å². The van der Waals surface area contributed by atoms with Gasteiger partial charge in [0.2, 0.25) is 0 Å². The van der Waals surface area contributed by atoms with Gasteiger partial charge in [-0.05, 0) is 12.1 Å². The number of carbonyl (C=O) groups is 1. The quantitative estimate of drug-likeness (QED) is 0.576. The van der Waals surface area contributed by atoms with E-state index >= 15 is 0 Å². The molecule has 0 aliphatic rings. The van der Waals surface area contributed by atoms with Crippen LogP contribution in [0.1, 0.15) is 22.0 Å². The molecule has 0 saturated carbocycles. The first-order chi connectivity index (χ1) is 8.96. The van der Waals surface area contributed by atoms with E-state index in [-0.39, 0.29) is 28.4 Å². The van der Waals surface area contributed by atoms with Crippen molar-refractivity contribution in [3.63, 3.8) is 0 Å². The van der Waals surface area contributed by atoms with Crippen molar-refractivity contribution in [1.29, 1.82) is 0 Å². The highest BCUT2D eigenvalue weighted by molar-refractivity contribution is 7.80. The summed E-state index contributed by atoms with van der Waals surface area (Å²) in [5.74, 6) is -0.736. The van der Waals surface area contributed by atoms with Gasteiger partial charge in [-0.3, -0.25) is 0 Å². The molecule has 6 nitrogen and oxygen atoms in total. The lowest BCUT2D eigenvalue weighted by Gasteiger charge is -2.20. The molecule has 0 aliphatic carbocycles. The number of rotatable bonds is 6. The van der Waals surface area contributed by atoms with E-state index in [0.29, 0.717) is 0 Å². The molecule has 19 heavy (non-hydrogen) atoms. The summed E-state index contributed by atoms with van der Waals surface area (Å²) in [6, 6.07) is 2.57. The van der Waals surface area contributed by atoms with E-state index in [1.165, 1.54) is 26.4 Å². The van der Waals surface area contributed by atoms with E-state index in [1.54, 1.807) is 0 Å². The van der Waals surface area contributed by atoms with E-state index in [2.05, 4.69) is 12.6 Å². The fraction of sp³-hybridized carbons (Fsp3) is 0.417. The minimum Gasteiger partial charge on any atom is -0.493 e. The molecule has 0 saturated heterocycles. The summed E-state index contributed by atoms with van der Waals surface area (Å²) in [4.78, 5) is 11.2. The molecule has 7 heteroatoms. The zero-order valence-electron chi connectivity index (χ0n) is 10.5. The molecule has 0 aromatic heterocycles. The van der Waals surface area contributed by atoms with Gasteiger partial charge in [0.15, 0.2) is 11.5 Å². The molecule has 0 aliphatic heterocycles. The highest BCUT2D eigenvalue weighted by Crippen LogP contribution is 2.34. The van der Waals surface area contributed by atoms with Crippen molar-refractivity contribution in [3.05, 3.63) is 23.3 Å². The van der Waals surface area contributed by atoms with Crippen LogP contribution in [-0.4, -0.2) is 47.4 Å². The second kappa shape index (κ2) is 6.65. The van der Waals surface area contributed by atoms with E-state index in [0.717, 1.165) is 0 Å². The molecule has 1 aromatic rings. The largest absolute Gasteiger partial charge is 0.493 e. The molecule has 0 heterocycles. The third kappa shape index (κ3) is 3.31. The topological polar surface area (TPSA) is 96.2 Å². The maximum atomic E-state index is 11.2. The number of carboxylic acid groups (broad SMARTS) is 1. The summed E-state index contributed by atoms with van der Waals surface area (Å²) in [5.41, 5.74) is -0.113. The zero-order valence-corrected chi connectivity index (χ0v) is 11.4. The van der Waals surface area contributed by atoms with Gasteiger partial charge in [-0.15, -0.1) is 0 Å². The molecule has 0 fully saturated rings. The molecule has 2 atom stereocenters. The fourth-order valence-corrected chi connectivity index (χ4v) is 1.83. The summed E-state index contributed by atoms with van der Waals surface area (Å²) in [7, 11) is 2.77. The number of aliphatic hydroxyl groups excluding tert-OH is 2. The first-order valence-electron chi connectivity index (χ1n) is 5.42. The predicted octanol–water partition coefficient (Wildman–Crippen LogP) is 0.726. The molecule has 0 radical (unpaired) electrons. The highest BCUT2D eigenvalue weighted by Gasteiger charge is 2.25. The van der Waals surface area contributed by atoms with Crippen molar-refractivity contribution in [2.75, 3.05) is 20.0 Å². The molecule has 0 amide bonds. The normalized spacial score (nSPS) is 13.7. The fourth-order valence-electron chi connectivity index (χ4n) is 1.63. The van der Waals surface area contributed by atoms with Gasteiger partial charge in [0.1, 0.15) is 6.10 Å². The number of benzene rings is 1. The second-order valence-corrected chi connectivity index (χ2v) is 4.16. The number of aliphatic hydroxyl groups is 2. The maximum absolute atomic E-state index is 11.2. The standard InChI is InChI=1S/C12H16O6S/c1-17-9-3-6(11(14)8(13)5-19)7(12(15)16)4-10(9)18-2/h3-4,8,11,13-14,19H,5H2,1-2H3,(H,15,16). The van der Waals surface area contributed by atoms with Crippen LogP contribution in [0.15, 0.2) is 12.1 Å². The monoisotopic (exact) mass is 288 g/mol. The lowest BCUT2D eigenvalue weighted by atomic mass is 9.98. The van der Waals surface area contributed by atoms with Gasteiger partial charge >= 0.3 is 5.97 Å². The van der Waals surface area contributed by atoms with Gasteiger partial charge in [-0.1, -0.05) is 0 Å². The van der Waals surface area contributed by atoms with Crippen LogP contribution >= 0.6 is 12.6 Å². The summed E-state index contributed by atoms with van der Waals surface area (Å²) in [6.45, 7) is 0. The molecule has 0 spiro atoms. The van der Waals surface area contributed by atoms with E-state index in [4.69, 9.17) is 14.6 Å². The number of aromatic carboxylic acids is 1. The van der Waals surface area contributed by atoms with Gasteiger partial charge in [0.05, 0.1) is 25.9 Å². The van der Waals surface area contributed by atoms with Crippen molar-refractivity contribution in [3.8, 4) is 11.5 Å². The molecule has 0 bridgehead atoms. The first kappa shape index (κ1) is 15.6. The highest BCUT2D eigenvalue weighted by atomic mass is 32.1. The lowest BCUT2D eigenvalue weighted by molar-refractivity contribution is 0.0321. The van der Waals surface area contributed by atoms with Crippen LogP contribution in [0.5, 0.6) is 11.5 Å². The van der Waals surface area contributed by atoms with Crippen LogP contribution in [0.4, 0.5) is 0 Å². The van der Waals surface area contributed by atoms with Gasteiger partial charge in [-0.25, -0.2) is 4.79 Å². The number of thiol groups is 1. The Balaban J connectivity index is 3.39. The molecular weight excluding hydrogens is 272 g/mol. The zero-order chi connectivity index (χ0) is 14.6. The number of carboxylic acids is 1. The Bertz CT molecular complexity index is 462. The number of ether oxygens (including phenoxy) is 2. The van der Waals surface area contributed by atoms with Crippen molar-refractivity contribution in [1.82, 2.24) is 0 Å². The van der Waals surface area contributed by atoms with Crippen LogP contribution in [0.2, 0.25) is 0 Å². The molecule has 106 valence electrons. The Kier molecular flexibility index (Phi) is 5.46. The molecule has 1 rings (SSSR count). The van der Waals surface area contributed by atoms with Gasteiger partial charge < -0.3 is 24.8 Å². The first-order valence-corrected chi connectivity index (χ1v) is 6.05. The Morgan fingerprint density at radius 2 is 1.79 bits per heavy atom. The third-order valence-corrected chi connectivity index (χ3v) is 3.03. The maximum Gasteiger partial charge on any atom is 0.336 e. The van der Waals surface area contributed by atoms with Gasteiger partial charge in [-0.2, -0.15) is 12.6 Å². The Hall–Kier alpha value is -1.44. The lowest BCUT2D eigenvalue weighted by Crippen LogP contribution is -2.22. The van der Waals surface area contributed by atoms with Gasteiger partial charge in [0, 0.05) is 11.3 Å². The van der Waals surface area contributed by atoms with Crippen LogP contribution in [-0.2, 0) is 0 Å². The van der Waals surface area contributed by atoms with E-state index in [9.17, 15) is 15.0 Å². The SMILES string of the molecule is COc1cc(C(=O)O)c(C(O)C(O)CS)cc1OC. The van der Waals surface area contributed by atoms with Crippen molar-refractivity contribution in [2.24, 2.45) is 0 Å². The van der Waals surface area contributed by atoms with Crippen LogP contribution in [0.25, 0.3) is 0 Å². The second-order valence-electron chi connectivity index (χ2n) is 3.79. The number of methoxy groups -OCH3 is 2. The number of hydrogen-bond donors (Lipinski definition) is 4. The summed E-state index contributed by atoms with van der Waals surface area (Å²) >= 11 is 3.87. The average molecular weight is 288 g/mol. The molecule has 3 N–H and O–H groups in total. The van der Waals surface area contributed by atoms with Crippen LogP contribution in [0, 0.1) is 0 Å².